The van der Waals surface area contributed by atoms with Gasteiger partial charge in [-0.05, 0) is 35.9 Å². The van der Waals surface area contributed by atoms with Gasteiger partial charge in [-0.1, -0.05) is 18.2 Å². The van der Waals surface area contributed by atoms with Gasteiger partial charge in [0.25, 0.3) is 5.69 Å². The zero-order chi connectivity index (χ0) is 17.5. The molecule has 0 atom stereocenters. The van der Waals surface area contributed by atoms with Crippen LogP contribution in [0.15, 0.2) is 54.6 Å². The summed E-state index contributed by atoms with van der Waals surface area (Å²) >= 11 is 0. The van der Waals surface area contributed by atoms with Gasteiger partial charge in [0.15, 0.2) is 5.78 Å². The third-order valence-corrected chi connectivity index (χ3v) is 3.56. The van der Waals surface area contributed by atoms with Crippen molar-refractivity contribution >= 4 is 23.2 Å². The predicted molar refractivity (Wildman–Crippen MR) is 93.3 cm³/mol. The van der Waals surface area contributed by atoms with Gasteiger partial charge in [0, 0.05) is 37.0 Å². The first kappa shape index (κ1) is 17.4. The number of nitro groups is 1. The van der Waals surface area contributed by atoms with Crippen LogP contribution in [0.4, 0.5) is 11.4 Å². The van der Waals surface area contributed by atoms with Crippen LogP contribution in [0.3, 0.4) is 0 Å². The molecule has 1 N–H and O–H groups in total. The first-order valence-corrected chi connectivity index (χ1v) is 7.40. The molecule has 124 valence electrons. The molecular weight excluding hydrogens is 308 g/mol. The van der Waals surface area contributed by atoms with Crippen LogP contribution < -0.4 is 4.90 Å². The Morgan fingerprint density at radius 1 is 1.17 bits per heavy atom. The van der Waals surface area contributed by atoms with Gasteiger partial charge in [0.2, 0.25) is 0 Å². The summed E-state index contributed by atoms with van der Waals surface area (Å²) in [6, 6.07) is 13.1. The van der Waals surface area contributed by atoms with Gasteiger partial charge in [0.05, 0.1) is 11.5 Å². The van der Waals surface area contributed by atoms with Crippen LogP contribution in [-0.2, 0) is 0 Å². The number of carbonyl (C=O) groups is 1. The fourth-order valence-corrected chi connectivity index (χ4v) is 2.13. The van der Waals surface area contributed by atoms with Crippen LogP contribution in [0.2, 0.25) is 0 Å². The number of rotatable bonds is 7. The normalized spacial score (nSPS) is 10.8. The van der Waals surface area contributed by atoms with E-state index in [-0.39, 0.29) is 18.1 Å². The Balaban J connectivity index is 2.04. The van der Waals surface area contributed by atoms with Crippen molar-refractivity contribution in [2.24, 2.45) is 0 Å². The minimum Gasteiger partial charge on any atom is -0.395 e. The van der Waals surface area contributed by atoms with Gasteiger partial charge in [-0.2, -0.15) is 0 Å². The van der Waals surface area contributed by atoms with Crippen molar-refractivity contribution in [3.05, 3.63) is 75.8 Å². The highest BCUT2D eigenvalue weighted by atomic mass is 16.6. The number of non-ortho nitro benzene ring substituents is 1. The zero-order valence-corrected chi connectivity index (χ0v) is 13.3. The van der Waals surface area contributed by atoms with Crippen LogP contribution in [-0.4, -0.2) is 36.0 Å². The molecule has 6 nitrogen and oxygen atoms in total. The average Bonchev–Trinajstić information content (AvgIpc) is 2.60. The lowest BCUT2D eigenvalue weighted by Crippen LogP contribution is -2.20. The summed E-state index contributed by atoms with van der Waals surface area (Å²) < 4.78 is 0. The van der Waals surface area contributed by atoms with Gasteiger partial charge in [-0.25, -0.2) is 0 Å². The summed E-state index contributed by atoms with van der Waals surface area (Å²) in [4.78, 5) is 24.1. The molecule has 0 spiro atoms. The molecule has 0 aliphatic carbocycles. The third kappa shape index (κ3) is 4.50. The number of hydrogen-bond acceptors (Lipinski definition) is 5. The molecule has 2 aromatic carbocycles. The Bertz CT molecular complexity index is 737. The Morgan fingerprint density at radius 3 is 2.33 bits per heavy atom. The molecule has 0 saturated carbocycles. The fourth-order valence-electron chi connectivity index (χ4n) is 2.13. The number of likely N-dealkylation sites (N-methyl/N-ethyl adjacent to an activating group) is 1. The first-order chi connectivity index (χ1) is 11.5. The monoisotopic (exact) mass is 326 g/mol. The standard InChI is InChI=1S/C18H18N2O4/c1-19(12-13-21)16-7-2-14(3-8-16)4-11-18(22)15-5-9-17(10-6-15)20(23)24/h2-11,21H,12-13H2,1H3. The number of nitro benzene ring substituents is 1. The summed E-state index contributed by atoms with van der Waals surface area (Å²) in [5.74, 6) is -0.216. The molecule has 0 heterocycles. The number of anilines is 1. The lowest BCUT2D eigenvalue weighted by molar-refractivity contribution is -0.384. The largest absolute Gasteiger partial charge is 0.395 e. The molecule has 0 aromatic heterocycles. The summed E-state index contributed by atoms with van der Waals surface area (Å²) in [6.45, 7) is 0.635. The van der Waals surface area contributed by atoms with E-state index in [4.69, 9.17) is 5.11 Å². The van der Waals surface area contributed by atoms with Gasteiger partial charge < -0.3 is 10.0 Å². The van der Waals surface area contributed by atoms with Crippen LogP contribution in [0.1, 0.15) is 15.9 Å². The molecule has 0 radical (unpaired) electrons. The Morgan fingerprint density at radius 2 is 1.79 bits per heavy atom. The lowest BCUT2D eigenvalue weighted by Gasteiger charge is -2.17. The Kier molecular flexibility index (Phi) is 5.81. The maximum atomic E-state index is 12.1. The molecule has 0 amide bonds. The number of ketones is 1. The maximum absolute atomic E-state index is 12.1. The quantitative estimate of drug-likeness (QED) is 0.366. The Labute approximate surface area is 139 Å². The SMILES string of the molecule is CN(CCO)c1ccc(C=CC(=O)c2ccc([N+](=O)[O-])cc2)cc1. The van der Waals surface area contributed by atoms with Crippen LogP contribution >= 0.6 is 0 Å². The van der Waals surface area contributed by atoms with Crippen molar-refractivity contribution in [2.45, 2.75) is 0 Å². The van der Waals surface area contributed by atoms with Crippen molar-refractivity contribution in [1.29, 1.82) is 0 Å². The first-order valence-electron chi connectivity index (χ1n) is 7.40. The van der Waals surface area contributed by atoms with E-state index in [2.05, 4.69) is 0 Å². The second-order valence-electron chi connectivity index (χ2n) is 5.24. The van der Waals surface area contributed by atoms with Crippen molar-refractivity contribution in [1.82, 2.24) is 0 Å². The number of aliphatic hydroxyl groups is 1. The summed E-state index contributed by atoms with van der Waals surface area (Å²) in [6.07, 6.45) is 3.13. The summed E-state index contributed by atoms with van der Waals surface area (Å²) in [5, 5.41) is 19.5. The molecule has 2 rings (SSSR count). The highest BCUT2D eigenvalue weighted by molar-refractivity contribution is 6.06. The minimum absolute atomic E-state index is 0.0434. The molecule has 0 aliphatic rings. The van der Waals surface area contributed by atoms with Gasteiger partial charge >= 0.3 is 0 Å². The van der Waals surface area contributed by atoms with Crippen LogP contribution in [0.5, 0.6) is 0 Å². The van der Waals surface area contributed by atoms with E-state index in [1.54, 1.807) is 6.08 Å². The van der Waals surface area contributed by atoms with Gasteiger partial charge in [-0.3, -0.25) is 14.9 Å². The van der Waals surface area contributed by atoms with Gasteiger partial charge in [-0.15, -0.1) is 0 Å². The molecule has 24 heavy (non-hydrogen) atoms. The van der Waals surface area contributed by atoms with E-state index in [1.165, 1.54) is 30.3 Å². The smallest absolute Gasteiger partial charge is 0.269 e. The molecule has 2 aromatic rings. The maximum Gasteiger partial charge on any atom is 0.269 e. The second-order valence-corrected chi connectivity index (χ2v) is 5.24. The molecule has 0 aliphatic heterocycles. The van der Waals surface area contributed by atoms with Crippen molar-refractivity contribution in [3.63, 3.8) is 0 Å². The zero-order valence-electron chi connectivity index (χ0n) is 13.3. The second kappa shape index (κ2) is 8.03. The van der Waals surface area contributed by atoms with Crippen molar-refractivity contribution < 1.29 is 14.8 Å². The van der Waals surface area contributed by atoms with Crippen LogP contribution in [0.25, 0.3) is 6.08 Å². The van der Waals surface area contributed by atoms with Crippen molar-refractivity contribution in [3.8, 4) is 0 Å². The number of hydrogen-bond donors (Lipinski definition) is 1. The lowest BCUT2D eigenvalue weighted by atomic mass is 10.1. The molecule has 0 fully saturated rings. The van der Waals surface area contributed by atoms with E-state index >= 15 is 0 Å². The molecular formula is C18H18N2O4. The average molecular weight is 326 g/mol. The Hall–Kier alpha value is -2.99. The number of benzene rings is 2. The van der Waals surface area contributed by atoms with E-state index in [9.17, 15) is 14.9 Å². The molecule has 6 heteroatoms. The minimum atomic E-state index is -0.501. The summed E-state index contributed by atoms with van der Waals surface area (Å²) in [7, 11) is 1.89. The number of carbonyl (C=O) groups excluding carboxylic acids is 1. The fraction of sp³-hybridized carbons (Fsp3) is 0.167. The van der Waals surface area contributed by atoms with Crippen molar-refractivity contribution in [2.75, 3.05) is 25.1 Å². The molecule has 0 saturated heterocycles. The molecule has 0 unspecified atom stereocenters. The number of allylic oxidation sites excluding steroid dienone is 1. The van der Waals surface area contributed by atoms with E-state index in [0.717, 1.165) is 11.3 Å². The van der Waals surface area contributed by atoms with E-state index in [1.807, 2.05) is 36.2 Å². The van der Waals surface area contributed by atoms with Crippen LogP contribution in [0, 0.1) is 10.1 Å². The molecule has 0 bridgehead atoms. The topological polar surface area (TPSA) is 83.7 Å². The van der Waals surface area contributed by atoms with Gasteiger partial charge in [0.1, 0.15) is 0 Å². The third-order valence-electron chi connectivity index (χ3n) is 3.56. The predicted octanol–water partition coefficient (Wildman–Crippen LogP) is 2.92. The highest BCUT2D eigenvalue weighted by Crippen LogP contribution is 2.16. The van der Waals surface area contributed by atoms with E-state index in [0.29, 0.717) is 12.1 Å². The van der Waals surface area contributed by atoms with E-state index < -0.39 is 4.92 Å². The highest BCUT2D eigenvalue weighted by Gasteiger charge is 2.07. The summed E-state index contributed by atoms with van der Waals surface area (Å²) in [5.41, 5.74) is 2.20. The number of aliphatic hydroxyl groups excluding tert-OH is 1. The number of nitrogens with zero attached hydrogens (tertiary/aromatic N) is 2.